The molecule has 0 aliphatic carbocycles. The first-order valence-electron chi connectivity index (χ1n) is 8.26. The van der Waals surface area contributed by atoms with Crippen LogP contribution in [0.25, 0.3) is 0 Å². The maximum atomic E-state index is 4.33. The third-order valence-electron chi connectivity index (χ3n) is 3.64. The normalized spacial score (nSPS) is 13.1. The minimum absolute atomic E-state index is 0.453. The van der Waals surface area contributed by atoms with E-state index in [4.69, 9.17) is 0 Å². The van der Waals surface area contributed by atoms with Crippen molar-refractivity contribution in [2.75, 3.05) is 6.54 Å². The summed E-state index contributed by atoms with van der Waals surface area (Å²) in [5.41, 5.74) is 1.19. The third kappa shape index (κ3) is 5.88. The predicted molar refractivity (Wildman–Crippen MR) is 88.4 cm³/mol. The average Bonchev–Trinajstić information content (AvgIpc) is 2.91. The Morgan fingerprint density at radius 1 is 1.05 bits per heavy atom. The van der Waals surface area contributed by atoms with Crippen molar-refractivity contribution in [3.05, 3.63) is 10.6 Å². The molecule has 0 spiro atoms. The molecule has 0 bridgehead atoms. The molecule has 0 saturated carbocycles. The second kappa shape index (κ2) is 10.3. The summed E-state index contributed by atoms with van der Waals surface area (Å²) in [6.45, 7) is 9.98. The van der Waals surface area contributed by atoms with Crippen LogP contribution < -0.4 is 5.32 Å². The topological polar surface area (TPSA) is 37.8 Å². The zero-order valence-corrected chi connectivity index (χ0v) is 14.4. The van der Waals surface area contributed by atoms with Gasteiger partial charge in [-0.05, 0) is 36.8 Å². The number of hydrogen-bond acceptors (Lipinski definition) is 4. The Balaban J connectivity index is 2.56. The highest BCUT2D eigenvalue weighted by molar-refractivity contribution is 7.05. The van der Waals surface area contributed by atoms with E-state index >= 15 is 0 Å². The predicted octanol–water partition coefficient (Wildman–Crippen LogP) is 5.06. The van der Waals surface area contributed by atoms with E-state index in [-0.39, 0.29) is 0 Å². The van der Waals surface area contributed by atoms with Crippen LogP contribution in [0.5, 0.6) is 0 Å². The number of unbranched alkanes of at least 4 members (excludes halogenated alkanes) is 4. The lowest BCUT2D eigenvalue weighted by Gasteiger charge is -2.18. The number of rotatable bonds is 11. The van der Waals surface area contributed by atoms with E-state index in [0.717, 1.165) is 6.54 Å². The fraction of sp³-hybridized carbons (Fsp3) is 0.875. The standard InChI is InChI=1S/C16H31N3S/c1-5-7-8-9-10-11-14(17-12-6-2)16-15(13(3)4)18-19-20-16/h13-14,17H,5-12H2,1-4H3. The number of nitrogens with one attached hydrogen (secondary N) is 1. The zero-order chi connectivity index (χ0) is 14.8. The molecule has 1 unspecified atom stereocenters. The lowest BCUT2D eigenvalue weighted by atomic mass is 10.0. The van der Waals surface area contributed by atoms with Crippen molar-refractivity contribution in [2.24, 2.45) is 0 Å². The quantitative estimate of drug-likeness (QED) is 0.580. The highest BCUT2D eigenvalue weighted by atomic mass is 32.1. The van der Waals surface area contributed by atoms with Crippen LogP contribution in [0.3, 0.4) is 0 Å². The van der Waals surface area contributed by atoms with Gasteiger partial charge in [-0.1, -0.05) is 64.3 Å². The Morgan fingerprint density at radius 2 is 1.80 bits per heavy atom. The van der Waals surface area contributed by atoms with Gasteiger partial charge >= 0.3 is 0 Å². The fourth-order valence-electron chi connectivity index (χ4n) is 2.44. The van der Waals surface area contributed by atoms with Crippen LogP contribution in [0.4, 0.5) is 0 Å². The van der Waals surface area contributed by atoms with Gasteiger partial charge in [0.1, 0.15) is 0 Å². The first kappa shape index (κ1) is 17.6. The van der Waals surface area contributed by atoms with Crippen molar-refractivity contribution in [1.82, 2.24) is 14.9 Å². The molecule has 1 atom stereocenters. The van der Waals surface area contributed by atoms with Crippen molar-refractivity contribution in [3.8, 4) is 0 Å². The molecule has 0 radical (unpaired) electrons. The monoisotopic (exact) mass is 297 g/mol. The van der Waals surface area contributed by atoms with Gasteiger partial charge in [-0.15, -0.1) is 5.10 Å². The van der Waals surface area contributed by atoms with Crippen LogP contribution in [-0.4, -0.2) is 16.1 Å². The Morgan fingerprint density at radius 3 is 2.45 bits per heavy atom. The van der Waals surface area contributed by atoms with E-state index in [1.165, 1.54) is 55.5 Å². The summed E-state index contributed by atoms with van der Waals surface area (Å²) in [7, 11) is 0. The molecule has 1 aromatic rings. The van der Waals surface area contributed by atoms with Crippen LogP contribution >= 0.6 is 11.5 Å². The van der Waals surface area contributed by atoms with E-state index in [0.29, 0.717) is 12.0 Å². The summed E-state index contributed by atoms with van der Waals surface area (Å²) in [4.78, 5) is 1.36. The van der Waals surface area contributed by atoms with E-state index in [1.807, 2.05) is 0 Å². The molecule has 116 valence electrons. The Hall–Kier alpha value is -0.480. The number of nitrogens with zero attached hydrogens (tertiary/aromatic N) is 2. The van der Waals surface area contributed by atoms with Gasteiger partial charge in [0.15, 0.2) is 0 Å². The highest BCUT2D eigenvalue weighted by Crippen LogP contribution is 2.29. The molecule has 0 saturated heterocycles. The summed E-state index contributed by atoms with van der Waals surface area (Å²) >= 11 is 1.58. The van der Waals surface area contributed by atoms with Gasteiger partial charge < -0.3 is 5.32 Å². The second-order valence-corrected chi connectivity index (χ2v) is 6.67. The average molecular weight is 298 g/mol. The molecule has 3 nitrogen and oxygen atoms in total. The molecule has 1 N–H and O–H groups in total. The summed E-state index contributed by atoms with van der Waals surface area (Å²) in [6, 6.07) is 0.453. The summed E-state index contributed by atoms with van der Waals surface area (Å²) in [5.74, 6) is 0.467. The SMILES string of the molecule is CCCCCCCC(NCCC)c1snnc1C(C)C. The summed E-state index contributed by atoms with van der Waals surface area (Å²) in [5, 5.41) is 8.02. The van der Waals surface area contributed by atoms with Crippen molar-refractivity contribution in [1.29, 1.82) is 0 Å². The molecular weight excluding hydrogens is 266 g/mol. The largest absolute Gasteiger partial charge is 0.309 e. The molecular formula is C16H31N3S. The minimum Gasteiger partial charge on any atom is -0.309 e. The molecule has 0 amide bonds. The van der Waals surface area contributed by atoms with Gasteiger partial charge in [0.25, 0.3) is 0 Å². The van der Waals surface area contributed by atoms with E-state index in [2.05, 4.69) is 42.6 Å². The molecule has 4 heteroatoms. The van der Waals surface area contributed by atoms with Crippen LogP contribution in [-0.2, 0) is 0 Å². The molecule has 0 fully saturated rings. The molecule has 0 aliphatic heterocycles. The Bertz CT molecular complexity index is 349. The van der Waals surface area contributed by atoms with Crippen LogP contribution in [0.1, 0.15) is 95.2 Å². The minimum atomic E-state index is 0.453. The molecule has 0 aromatic carbocycles. The maximum Gasteiger partial charge on any atom is 0.0829 e. The van der Waals surface area contributed by atoms with E-state index in [1.54, 1.807) is 11.5 Å². The molecule has 1 rings (SSSR count). The van der Waals surface area contributed by atoms with Gasteiger partial charge in [0.05, 0.1) is 10.6 Å². The van der Waals surface area contributed by atoms with Crippen molar-refractivity contribution in [3.63, 3.8) is 0 Å². The first-order valence-corrected chi connectivity index (χ1v) is 9.03. The first-order chi connectivity index (χ1) is 9.70. The number of hydrogen-bond donors (Lipinski definition) is 1. The summed E-state index contributed by atoms with van der Waals surface area (Å²) < 4.78 is 4.18. The van der Waals surface area contributed by atoms with Crippen molar-refractivity contribution >= 4 is 11.5 Å². The highest BCUT2D eigenvalue weighted by Gasteiger charge is 2.20. The molecule has 0 aliphatic rings. The van der Waals surface area contributed by atoms with Gasteiger partial charge in [0.2, 0.25) is 0 Å². The van der Waals surface area contributed by atoms with Gasteiger partial charge in [-0.2, -0.15) is 0 Å². The smallest absolute Gasteiger partial charge is 0.0829 e. The second-order valence-electron chi connectivity index (χ2n) is 5.89. The van der Waals surface area contributed by atoms with E-state index in [9.17, 15) is 0 Å². The lowest BCUT2D eigenvalue weighted by molar-refractivity contribution is 0.469. The molecule has 1 heterocycles. The molecule has 1 aromatic heterocycles. The van der Waals surface area contributed by atoms with Crippen LogP contribution in [0, 0.1) is 0 Å². The zero-order valence-electron chi connectivity index (χ0n) is 13.6. The Labute approximate surface area is 128 Å². The summed E-state index contributed by atoms with van der Waals surface area (Å²) in [6.07, 6.45) is 9.09. The van der Waals surface area contributed by atoms with Gasteiger partial charge in [-0.3, -0.25) is 0 Å². The lowest BCUT2D eigenvalue weighted by Crippen LogP contribution is -2.22. The van der Waals surface area contributed by atoms with Crippen LogP contribution in [0.15, 0.2) is 0 Å². The van der Waals surface area contributed by atoms with Crippen LogP contribution in [0.2, 0.25) is 0 Å². The van der Waals surface area contributed by atoms with Crippen molar-refractivity contribution < 1.29 is 0 Å². The van der Waals surface area contributed by atoms with Gasteiger partial charge in [-0.25, -0.2) is 0 Å². The molecule has 20 heavy (non-hydrogen) atoms. The third-order valence-corrected chi connectivity index (χ3v) is 4.49. The van der Waals surface area contributed by atoms with E-state index < -0.39 is 0 Å². The maximum absolute atomic E-state index is 4.33. The van der Waals surface area contributed by atoms with Crippen molar-refractivity contribution in [2.45, 2.75) is 84.6 Å². The fourth-order valence-corrected chi connectivity index (χ4v) is 3.36. The number of aromatic nitrogens is 2. The van der Waals surface area contributed by atoms with Gasteiger partial charge in [0, 0.05) is 6.04 Å². The Kier molecular flexibility index (Phi) is 9.03.